The third-order valence-corrected chi connectivity index (χ3v) is 2.98. The number of ketones is 1. The van der Waals surface area contributed by atoms with Gasteiger partial charge in [0.25, 0.3) is 0 Å². The van der Waals surface area contributed by atoms with Crippen LogP contribution < -0.4 is 9.47 Å². The third-order valence-electron chi connectivity index (χ3n) is 2.98. The first kappa shape index (κ1) is 16.5. The van der Waals surface area contributed by atoms with Crippen LogP contribution in [-0.4, -0.2) is 24.6 Å². The van der Waals surface area contributed by atoms with Gasteiger partial charge in [-0.3, -0.25) is 4.79 Å². The van der Waals surface area contributed by atoms with Gasteiger partial charge in [-0.2, -0.15) is 8.78 Å². The largest absolute Gasteiger partial charge is 0.508 e. The zero-order valence-electron chi connectivity index (χ0n) is 12.2. The molecule has 1 N–H and O–H groups in total. The highest BCUT2D eigenvalue weighted by molar-refractivity contribution is 6.07. The van der Waals surface area contributed by atoms with Crippen molar-refractivity contribution in [1.82, 2.24) is 0 Å². The van der Waals surface area contributed by atoms with Crippen LogP contribution in [0.5, 0.6) is 17.2 Å². The zero-order chi connectivity index (χ0) is 16.8. The van der Waals surface area contributed by atoms with Crippen molar-refractivity contribution in [3.63, 3.8) is 0 Å². The summed E-state index contributed by atoms with van der Waals surface area (Å²) >= 11 is 0. The minimum absolute atomic E-state index is 0.0349. The summed E-state index contributed by atoms with van der Waals surface area (Å²) in [7, 11) is 1.33. The molecule has 4 nitrogen and oxygen atoms in total. The molecular weight excluding hydrogens is 306 g/mol. The van der Waals surface area contributed by atoms with Crippen molar-refractivity contribution < 1.29 is 28.2 Å². The second-order valence-electron chi connectivity index (χ2n) is 4.51. The predicted octanol–water partition coefficient (Wildman–Crippen LogP) is 3.90. The van der Waals surface area contributed by atoms with Gasteiger partial charge in [-0.1, -0.05) is 24.3 Å². The molecular formula is C17H14F2O4. The highest BCUT2D eigenvalue weighted by Crippen LogP contribution is 2.33. The van der Waals surface area contributed by atoms with E-state index < -0.39 is 6.61 Å². The summed E-state index contributed by atoms with van der Waals surface area (Å²) in [4.78, 5) is 12.0. The van der Waals surface area contributed by atoms with Crippen LogP contribution in [0.2, 0.25) is 0 Å². The quantitative estimate of drug-likeness (QED) is 0.648. The van der Waals surface area contributed by atoms with E-state index in [9.17, 15) is 18.7 Å². The van der Waals surface area contributed by atoms with Crippen molar-refractivity contribution in [2.75, 3.05) is 7.11 Å². The first-order valence-corrected chi connectivity index (χ1v) is 6.64. The van der Waals surface area contributed by atoms with Crippen LogP contribution in [0.15, 0.2) is 48.5 Å². The second kappa shape index (κ2) is 7.40. The van der Waals surface area contributed by atoms with E-state index in [0.717, 1.165) is 0 Å². The molecule has 0 aliphatic rings. The summed E-state index contributed by atoms with van der Waals surface area (Å²) in [6.45, 7) is -3.01. The predicted molar refractivity (Wildman–Crippen MR) is 81.1 cm³/mol. The Balaban J connectivity index is 2.30. The minimum Gasteiger partial charge on any atom is -0.508 e. The van der Waals surface area contributed by atoms with E-state index in [1.807, 2.05) is 0 Å². The Hall–Kier alpha value is -2.89. The van der Waals surface area contributed by atoms with Crippen LogP contribution in [0.3, 0.4) is 0 Å². The van der Waals surface area contributed by atoms with Crippen LogP contribution in [0.1, 0.15) is 15.9 Å². The molecule has 23 heavy (non-hydrogen) atoms. The topological polar surface area (TPSA) is 55.8 Å². The number of benzene rings is 2. The second-order valence-corrected chi connectivity index (χ2v) is 4.51. The molecule has 0 heterocycles. The number of aromatic hydroxyl groups is 1. The van der Waals surface area contributed by atoms with Crippen LogP contribution in [0.4, 0.5) is 8.78 Å². The molecule has 0 fully saturated rings. The molecule has 0 saturated carbocycles. The molecule has 2 rings (SSSR count). The number of methoxy groups -OCH3 is 1. The molecule has 0 saturated heterocycles. The molecule has 0 aliphatic carbocycles. The highest BCUT2D eigenvalue weighted by Gasteiger charge is 2.14. The Morgan fingerprint density at radius 3 is 2.61 bits per heavy atom. The number of carbonyl (C=O) groups excluding carboxylic acids is 1. The van der Waals surface area contributed by atoms with Crippen LogP contribution in [0.25, 0.3) is 6.08 Å². The Kier molecular flexibility index (Phi) is 5.30. The number of alkyl halides is 2. The summed E-state index contributed by atoms with van der Waals surface area (Å²) in [5, 5.41) is 9.36. The fourth-order valence-corrected chi connectivity index (χ4v) is 1.96. The van der Waals surface area contributed by atoms with E-state index in [1.165, 1.54) is 55.7 Å². The maximum atomic E-state index is 12.5. The monoisotopic (exact) mass is 320 g/mol. The van der Waals surface area contributed by atoms with Gasteiger partial charge in [-0.25, -0.2) is 0 Å². The first-order valence-electron chi connectivity index (χ1n) is 6.64. The lowest BCUT2D eigenvalue weighted by Gasteiger charge is -2.12. The molecule has 6 heteroatoms. The third kappa shape index (κ3) is 4.29. The summed E-state index contributed by atoms with van der Waals surface area (Å²) < 4.78 is 34.5. The summed E-state index contributed by atoms with van der Waals surface area (Å²) in [5.41, 5.74) is 0.554. The molecule has 0 spiro atoms. The lowest BCUT2D eigenvalue weighted by Crippen LogP contribution is -2.05. The maximum absolute atomic E-state index is 12.5. The van der Waals surface area contributed by atoms with Gasteiger partial charge in [0, 0.05) is 11.1 Å². The van der Waals surface area contributed by atoms with Gasteiger partial charge in [0.05, 0.1) is 7.11 Å². The lowest BCUT2D eigenvalue weighted by atomic mass is 10.1. The van der Waals surface area contributed by atoms with Gasteiger partial charge in [-0.05, 0) is 30.4 Å². The SMILES string of the molecule is COc1cccc(/C=C/C(=O)c2cccc(O)c2)c1OC(F)F. The Morgan fingerprint density at radius 2 is 1.96 bits per heavy atom. The number of para-hydroxylation sites is 1. The number of halogens is 2. The fraction of sp³-hybridized carbons (Fsp3) is 0.118. The Bertz CT molecular complexity index is 726. The van der Waals surface area contributed by atoms with E-state index in [2.05, 4.69) is 4.74 Å². The molecule has 0 unspecified atom stereocenters. The average molecular weight is 320 g/mol. The average Bonchev–Trinajstić information content (AvgIpc) is 2.53. The number of phenolic OH excluding ortho intramolecular Hbond substituents is 1. The Labute approximate surface area is 131 Å². The molecule has 0 amide bonds. The number of hydrogen-bond donors (Lipinski definition) is 1. The molecule has 0 aromatic heterocycles. The summed E-state index contributed by atoms with van der Waals surface area (Å²) in [6, 6.07) is 10.4. The molecule has 2 aromatic rings. The van der Waals surface area contributed by atoms with Gasteiger partial charge < -0.3 is 14.6 Å². The fourth-order valence-electron chi connectivity index (χ4n) is 1.96. The van der Waals surface area contributed by atoms with E-state index >= 15 is 0 Å². The van der Waals surface area contributed by atoms with Gasteiger partial charge in [0.2, 0.25) is 0 Å². The normalized spacial score (nSPS) is 11.0. The van der Waals surface area contributed by atoms with Crippen LogP contribution in [-0.2, 0) is 0 Å². The molecule has 0 atom stereocenters. The smallest absolute Gasteiger partial charge is 0.387 e. The van der Waals surface area contributed by atoms with Gasteiger partial charge in [-0.15, -0.1) is 0 Å². The lowest BCUT2D eigenvalue weighted by molar-refractivity contribution is -0.0513. The maximum Gasteiger partial charge on any atom is 0.387 e. The number of phenols is 1. The molecule has 0 radical (unpaired) electrons. The summed E-state index contributed by atoms with van der Waals surface area (Å²) in [6.07, 6.45) is 2.56. The number of rotatable bonds is 6. The van der Waals surface area contributed by atoms with Gasteiger partial charge in [0.15, 0.2) is 17.3 Å². The number of ether oxygens (including phenoxy) is 2. The molecule has 0 aliphatic heterocycles. The van der Waals surface area contributed by atoms with Gasteiger partial charge >= 0.3 is 6.61 Å². The van der Waals surface area contributed by atoms with Crippen molar-refractivity contribution in [3.8, 4) is 17.2 Å². The van der Waals surface area contributed by atoms with E-state index in [4.69, 9.17) is 4.74 Å². The molecule has 2 aromatic carbocycles. The van der Waals surface area contributed by atoms with Crippen molar-refractivity contribution >= 4 is 11.9 Å². The standard InChI is InChI=1S/C17H14F2O4/c1-22-15-7-3-4-11(16(15)23-17(18)19)8-9-14(21)12-5-2-6-13(20)10-12/h2-10,17,20H,1H3/b9-8+. The van der Waals surface area contributed by atoms with Crippen molar-refractivity contribution in [3.05, 3.63) is 59.7 Å². The van der Waals surface area contributed by atoms with Crippen molar-refractivity contribution in [1.29, 1.82) is 0 Å². The first-order chi connectivity index (χ1) is 11.0. The zero-order valence-corrected chi connectivity index (χ0v) is 12.2. The van der Waals surface area contributed by atoms with E-state index in [-0.39, 0.29) is 34.2 Å². The number of hydrogen-bond acceptors (Lipinski definition) is 4. The van der Waals surface area contributed by atoms with Crippen molar-refractivity contribution in [2.24, 2.45) is 0 Å². The van der Waals surface area contributed by atoms with Crippen LogP contribution >= 0.6 is 0 Å². The molecule has 120 valence electrons. The van der Waals surface area contributed by atoms with E-state index in [0.29, 0.717) is 0 Å². The summed E-state index contributed by atoms with van der Waals surface area (Å²) in [5.74, 6) is -0.429. The number of allylic oxidation sites excluding steroid dienone is 1. The Morgan fingerprint density at radius 1 is 1.22 bits per heavy atom. The molecule has 0 bridgehead atoms. The van der Waals surface area contributed by atoms with Crippen molar-refractivity contribution in [2.45, 2.75) is 6.61 Å². The number of carbonyl (C=O) groups is 1. The van der Waals surface area contributed by atoms with Crippen LogP contribution in [0, 0.1) is 0 Å². The van der Waals surface area contributed by atoms with E-state index in [1.54, 1.807) is 6.07 Å². The van der Waals surface area contributed by atoms with Gasteiger partial charge in [0.1, 0.15) is 5.75 Å². The highest BCUT2D eigenvalue weighted by atomic mass is 19.3. The minimum atomic E-state index is -3.01.